The van der Waals surface area contributed by atoms with Gasteiger partial charge in [-0.05, 0) is 30.2 Å². The number of carbonyl (C=O) groups excluding carboxylic acids is 3. The van der Waals surface area contributed by atoms with Gasteiger partial charge in [0.2, 0.25) is 11.8 Å². The van der Waals surface area contributed by atoms with Crippen molar-refractivity contribution in [1.29, 1.82) is 0 Å². The van der Waals surface area contributed by atoms with E-state index in [0.717, 1.165) is 10.5 Å². The minimum absolute atomic E-state index is 0.332. The summed E-state index contributed by atoms with van der Waals surface area (Å²) in [7, 11) is 2.67. The number of benzene rings is 1. The summed E-state index contributed by atoms with van der Waals surface area (Å²) in [6.45, 7) is 1.79. The van der Waals surface area contributed by atoms with Crippen LogP contribution >= 0.6 is 23.2 Å². The maximum absolute atomic E-state index is 12.5. The molecule has 1 aromatic carbocycles. The normalized spacial score (nSPS) is 29.1. The fraction of sp³-hybridized carbons (Fsp3) is 0.438. The smallest absolute Gasteiger partial charge is 0.323 e. The molecular formula is C16H16Cl2N2O4. The van der Waals surface area contributed by atoms with Gasteiger partial charge in [0, 0.05) is 23.1 Å². The highest BCUT2D eigenvalue weighted by Crippen LogP contribution is 2.45. The minimum atomic E-state index is -0.884. The van der Waals surface area contributed by atoms with Gasteiger partial charge in [0.1, 0.15) is 6.04 Å². The van der Waals surface area contributed by atoms with E-state index in [4.69, 9.17) is 27.9 Å². The van der Waals surface area contributed by atoms with E-state index >= 15 is 0 Å². The molecule has 2 saturated heterocycles. The molecule has 6 nitrogen and oxygen atoms in total. The summed E-state index contributed by atoms with van der Waals surface area (Å²) in [5.74, 6) is -2.78. The summed E-state index contributed by atoms with van der Waals surface area (Å²) in [6, 6.07) is 1.97. The maximum Gasteiger partial charge on any atom is 0.323 e. The van der Waals surface area contributed by atoms with Crippen LogP contribution in [0.5, 0.6) is 0 Å². The molecule has 0 aromatic heterocycles. The standard InChI is InChI=1S/C16H16Cl2N2O4/c1-6-8(17)4-7(5-9(6)18)12-10-11(13(19-12)16(23)24-3)15(22)20(2)14(10)21/h4-5,10-13,19H,1-3H3/t10-,11+,12-,13-/m1/s1. The molecule has 0 radical (unpaired) electrons. The van der Waals surface area contributed by atoms with Crippen molar-refractivity contribution >= 4 is 41.0 Å². The molecule has 4 atom stereocenters. The molecule has 1 aromatic rings. The molecule has 8 heteroatoms. The molecule has 0 unspecified atom stereocenters. The van der Waals surface area contributed by atoms with E-state index in [1.54, 1.807) is 19.1 Å². The lowest BCUT2D eigenvalue weighted by atomic mass is 9.86. The molecule has 128 valence electrons. The molecule has 2 aliphatic rings. The van der Waals surface area contributed by atoms with Crippen LogP contribution in [0, 0.1) is 18.8 Å². The maximum atomic E-state index is 12.5. The van der Waals surface area contributed by atoms with Crippen LogP contribution in [0.25, 0.3) is 0 Å². The molecule has 2 amide bonds. The Bertz CT molecular complexity index is 729. The van der Waals surface area contributed by atoms with Gasteiger partial charge in [-0.25, -0.2) is 0 Å². The zero-order valence-electron chi connectivity index (χ0n) is 13.3. The highest BCUT2D eigenvalue weighted by atomic mass is 35.5. The Morgan fingerprint density at radius 3 is 2.25 bits per heavy atom. The molecular weight excluding hydrogens is 355 g/mol. The topological polar surface area (TPSA) is 75.7 Å². The first-order chi connectivity index (χ1) is 11.3. The Hall–Kier alpha value is -1.63. The van der Waals surface area contributed by atoms with E-state index in [1.165, 1.54) is 14.2 Å². The third-order valence-electron chi connectivity index (χ3n) is 4.81. The summed E-state index contributed by atoms with van der Waals surface area (Å²) in [5.41, 5.74) is 1.39. The zero-order valence-corrected chi connectivity index (χ0v) is 14.8. The highest BCUT2D eigenvalue weighted by molar-refractivity contribution is 6.36. The Kier molecular flexibility index (Phi) is 4.32. The first-order valence-corrected chi connectivity index (χ1v) is 8.14. The van der Waals surface area contributed by atoms with E-state index in [9.17, 15) is 14.4 Å². The fourth-order valence-corrected chi connectivity index (χ4v) is 3.96. The number of rotatable bonds is 2. The van der Waals surface area contributed by atoms with Crippen LogP contribution in [0.4, 0.5) is 0 Å². The van der Waals surface area contributed by atoms with E-state index in [2.05, 4.69) is 5.32 Å². The molecule has 0 aliphatic carbocycles. The third kappa shape index (κ3) is 2.41. The number of nitrogens with zero attached hydrogens (tertiary/aromatic N) is 1. The Labute approximate surface area is 149 Å². The number of imide groups is 1. The monoisotopic (exact) mass is 370 g/mol. The molecule has 2 heterocycles. The lowest BCUT2D eigenvalue weighted by Gasteiger charge is -2.20. The summed E-state index contributed by atoms with van der Waals surface area (Å²) in [6.07, 6.45) is 0. The summed E-state index contributed by atoms with van der Waals surface area (Å²) >= 11 is 12.4. The van der Waals surface area contributed by atoms with Crippen LogP contribution < -0.4 is 5.32 Å². The number of halogens is 2. The lowest BCUT2D eigenvalue weighted by molar-refractivity contribution is -0.147. The van der Waals surface area contributed by atoms with Gasteiger partial charge in [-0.3, -0.25) is 24.6 Å². The van der Waals surface area contributed by atoms with E-state index in [-0.39, 0.29) is 11.8 Å². The number of hydrogen-bond donors (Lipinski definition) is 1. The third-order valence-corrected chi connectivity index (χ3v) is 5.60. The summed E-state index contributed by atoms with van der Waals surface area (Å²) in [5, 5.41) is 3.98. The van der Waals surface area contributed by atoms with Crippen molar-refractivity contribution in [1.82, 2.24) is 10.2 Å². The van der Waals surface area contributed by atoms with Gasteiger partial charge in [-0.1, -0.05) is 23.2 Å². The van der Waals surface area contributed by atoms with Crippen LogP contribution in [0.2, 0.25) is 10.0 Å². The van der Waals surface area contributed by atoms with Crippen LogP contribution in [0.3, 0.4) is 0 Å². The van der Waals surface area contributed by atoms with Crippen molar-refractivity contribution in [3.8, 4) is 0 Å². The van der Waals surface area contributed by atoms with Crippen LogP contribution in [-0.4, -0.2) is 42.9 Å². The fourth-order valence-electron chi connectivity index (χ4n) is 3.45. The number of amides is 2. The predicted molar refractivity (Wildman–Crippen MR) is 87.6 cm³/mol. The SMILES string of the molecule is COC(=O)[C@@H]1N[C@H](c2cc(Cl)c(C)c(Cl)c2)[C@@H]2C(=O)N(C)C(=O)[C@@H]21. The summed E-state index contributed by atoms with van der Waals surface area (Å²) < 4.78 is 4.78. The van der Waals surface area contributed by atoms with Crippen molar-refractivity contribution in [2.24, 2.45) is 11.8 Å². The minimum Gasteiger partial charge on any atom is -0.468 e. The molecule has 0 spiro atoms. The predicted octanol–water partition coefficient (Wildman–Crippen LogP) is 1.72. The molecule has 2 fully saturated rings. The molecule has 0 bridgehead atoms. The molecule has 3 rings (SSSR count). The molecule has 24 heavy (non-hydrogen) atoms. The van der Waals surface area contributed by atoms with Gasteiger partial charge in [-0.2, -0.15) is 0 Å². The van der Waals surface area contributed by atoms with Gasteiger partial charge in [-0.15, -0.1) is 0 Å². The van der Waals surface area contributed by atoms with Gasteiger partial charge >= 0.3 is 5.97 Å². The van der Waals surface area contributed by atoms with Crippen LogP contribution in [-0.2, 0) is 19.1 Å². The number of carbonyl (C=O) groups is 3. The van der Waals surface area contributed by atoms with Gasteiger partial charge in [0.05, 0.1) is 18.9 Å². The Balaban J connectivity index is 2.07. The largest absolute Gasteiger partial charge is 0.468 e. The molecule has 1 N–H and O–H groups in total. The molecule has 0 saturated carbocycles. The number of nitrogens with one attached hydrogen (secondary N) is 1. The lowest BCUT2D eigenvalue weighted by Crippen LogP contribution is -2.42. The van der Waals surface area contributed by atoms with E-state index in [1.807, 2.05) is 0 Å². The van der Waals surface area contributed by atoms with E-state index in [0.29, 0.717) is 15.6 Å². The quantitative estimate of drug-likeness (QED) is 0.633. The van der Waals surface area contributed by atoms with E-state index < -0.39 is 29.9 Å². The second-order valence-corrected chi connectivity index (χ2v) is 6.86. The first-order valence-electron chi connectivity index (χ1n) is 7.38. The number of ether oxygens (including phenoxy) is 1. The zero-order chi connectivity index (χ0) is 17.8. The number of esters is 1. The first kappa shape index (κ1) is 17.2. The number of likely N-dealkylation sites (tertiary alicyclic amines) is 1. The van der Waals surface area contributed by atoms with Crippen molar-refractivity contribution in [2.45, 2.75) is 19.0 Å². The van der Waals surface area contributed by atoms with Crippen LogP contribution in [0.1, 0.15) is 17.2 Å². The van der Waals surface area contributed by atoms with Crippen molar-refractivity contribution in [3.05, 3.63) is 33.3 Å². The molecule has 2 aliphatic heterocycles. The Morgan fingerprint density at radius 2 is 1.71 bits per heavy atom. The van der Waals surface area contributed by atoms with Crippen molar-refractivity contribution in [3.63, 3.8) is 0 Å². The van der Waals surface area contributed by atoms with Crippen molar-refractivity contribution in [2.75, 3.05) is 14.2 Å². The summed E-state index contributed by atoms with van der Waals surface area (Å²) in [4.78, 5) is 38.0. The second kappa shape index (κ2) is 6.02. The highest BCUT2D eigenvalue weighted by Gasteiger charge is 2.60. The van der Waals surface area contributed by atoms with Crippen molar-refractivity contribution < 1.29 is 19.1 Å². The van der Waals surface area contributed by atoms with Gasteiger partial charge < -0.3 is 4.74 Å². The Morgan fingerprint density at radius 1 is 1.17 bits per heavy atom. The number of methoxy groups -OCH3 is 1. The average Bonchev–Trinajstić information content (AvgIpc) is 3.05. The number of fused-ring (bicyclic) bond motifs is 1. The average molecular weight is 371 g/mol. The van der Waals surface area contributed by atoms with Gasteiger partial charge in [0.15, 0.2) is 0 Å². The van der Waals surface area contributed by atoms with Crippen LogP contribution in [0.15, 0.2) is 12.1 Å². The number of hydrogen-bond acceptors (Lipinski definition) is 5. The second-order valence-electron chi connectivity index (χ2n) is 6.04. The van der Waals surface area contributed by atoms with Gasteiger partial charge in [0.25, 0.3) is 0 Å².